The summed E-state index contributed by atoms with van der Waals surface area (Å²) >= 11 is 3.31. The number of hydrogen-bond donors (Lipinski definition) is 2. The Labute approximate surface area is 97.7 Å². The minimum absolute atomic E-state index is 0.0692. The molecular weight excluding hydrogens is 317 g/mol. The Kier molecular flexibility index (Phi) is 2.78. The van der Waals surface area contributed by atoms with E-state index < -0.39 is 12.9 Å². The molecule has 0 aliphatic rings. The summed E-state index contributed by atoms with van der Waals surface area (Å²) in [5.74, 6) is -0.546. The smallest absolute Gasteiger partial charge is 0.423 e. The molecule has 1 heterocycles. The van der Waals surface area contributed by atoms with Crippen LogP contribution in [0.25, 0.3) is 10.1 Å². The summed E-state index contributed by atoms with van der Waals surface area (Å²) in [7, 11) is -1.76. The predicted molar refractivity (Wildman–Crippen MR) is 64.3 cm³/mol. The quantitative estimate of drug-likeness (QED) is 0.614. The van der Waals surface area contributed by atoms with Crippen LogP contribution in [-0.4, -0.2) is 17.2 Å². The van der Waals surface area contributed by atoms with Crippen molar-refractivity contribution in [3.8, 4) is 0 Å². The first-order valence-corrected chi connectivity index (χ1v) is 5.78. The van der Waals surface area contributed by atoms with E-state index in [-0.39, 0.29) is 5.46 Å². The first-order chi connectivity index (χ1) is 6.61. The maximum Gasteiger partial charge on any atom is 0.491 e. The van der Waals surface area contributed by atoms with E-state index in [4.69, 9.17) is 10.0 Å². The normalized spacial score (nSPS) is 10.9. The van der Waals surface area contributed by atoms with Crippen LogP contribution in [0.15, 0.2) is 17.5 Å². The molecule has 14 heavy (non-hydrogen) atoms. The number of fused-ring (bicyclic) bond motifs is 1. The summed E-state index contributed by atoms with van der Waals surface area (Å²) in [5.41, 5.74) is -0.0692. The molecule has 1 aromatic carbocycles. The van der Waals surface area contributed by atoms with Gasteiger partial charge in [-0.1, -0.05) is 6.07 Å². The molecule has 0 saturated heterocycles. The lowest BCUT2D eigenvalue weighted by atomic mass is 9.79. The molecular formula is C8H5BFIO2S. The van der Waals surface area contributed by atoms with Gasteiger partial charge in [0.05, 0.1) is 8.27 Å². The van der Waals surface area contributed by atoms with Crippen LogP contribution in [0.1, 0.15) is 0 Å². The average molecular weight is 322 g/mol. The van der Waals surface area contributed by atoms with E-state index in [9.17, 15) is 4.39 Å². The number of benzene rings is 1. The zero-order chi connectivity index (χ0) is 10.3. The molecule has 72 valence electrons. The van der Waals surface area contributed by atoms with Crippen LogP contribution in [0, 0.1) is 9.39 Å². The Hall–Kier alpha value is -0.175. The SMILES string of the molecule is OB(O)c1cc2ccsc2c(I)c1F. The third-order valence-electron chi connectivity index (χ3n) is 1.93. The lowest BCUT2D eigenvalue weighted by Crippen LogP contribution is -2.33. The largest absolute Gasteiger partial charge is 0.491 e. The van der Waals surface area contributed by atoms with Gasteiger partial charge in [0, 0.05) is 5.46 Å². The molecule has 6 heteroatoms. The van der Waals surface area contributed by atoms with E-state index in [1.807, 2.05) is 34.0 Å². The average Bonchev–Trinajstić information content (AvgIpc) is 2.58. The van der Waals surface area contributed by atoms with E-state index in [1.165, 1.54) is 17.4 Å². The summed E-state index contributed by atoms with van der Waals surface area (Å²) in [4.78, 5) is 0. The highest BCUT2D eigenvalue weighted by Crippen LogP contribution is 2.27. The highest BCUT2D eigenvalue weighted by molar-refractivity contribution is 14.1. The second kappa shape index (κ2) is 3.76. The molecule has 0 bridgehead atoms. The van der Waals surface area contributed by atoms with Gasteiger partial charge in [0.15, 0.2) is 0 Å². The Bertz CT molecular complexity index is 485. The maximum absolute atomic E-state index is 13.5. The molecule has 1 aromatic heterocycles. The molecule has 2 rings (SSSR count). The molecule has 2 N–H and O–H groups in total. The van der Waals surface area contributed by atoms with Crippen LogP contribution in [-0.2, 0) is 0 Å². The van der Waals surface area contributed by atoms with Crippen LogP contribution in [0.3, 0.4) is 0 Å². The topological polar surface area (TPSA) is 40.5 Å². The fourth-order valence-corrected chi connectivity index (χ4v) is 3.07. The molecule has 2 aromatic rings. The standard InChI is InChI=1S/C8H5BFIO2S/c10-6-5(9(12)13)3-4-1-2-14-8(4)7(6)11/h1-3,12-13H. The molecule has 0 radical (unpaired) electrons. The van der Waals surface area contributed by atoms with Crippen molar-refractivity contribution in [1.82, 2.24) is 0 Å². The Morgan fingerprint density at radius 1 is 1.43 bits per heavy atom. The number of rotatable bonds is 1. The van der Waals surface area contributed by atoms with E-state index >= 15 is 0 Å². The Morgan fingerprint density at radius 2 is 2.14 bits per heavy atom. The van der Waals surface area contributed by atoms with Crippen LogP contribution in [0.5, 0.6) is 0 Å². The highest BCUT2D eigenvalue weighted by Gasteiger charge is 2.20. The molecule has 0 spiro atoms. The van der Waals surface area contributed by atoms with Gasteiger partial charge in [-0.2, -0.15) is 0 Å². The van der Waals surface area contributed by atoms with Gasteiger partial charge in [-0.15, -0.1) is 11.3 Å². The lowest BCUT2D eigenvalue weighted by Gasteiger charge is -2.04. The second-order valence-electron chi connectivity index (χ2n) is 2.81. The molecule has 0 saturated carbocycles. The van der Waals surface area contributed by atoms with Gasteiger partial charge in [-0.25, -0.2) is 4.39 Å². The van der Waals surface area contributed by atoms with Gasteiger partial charge in [0.2, 0.25) is 0 Å². The fraction of sp³-hybridized carbons (Fsp3) is 0. The summed E-state index contributed by atoms with van der Waals surface area (Å²) in [6, 6.07) is 3.29. The minimum atomic E-state index is -1.76. The van der Waals surface area contributed by atoms with Crippen molar-refractivity contribution in [3.05, 3.63) is 26.9 Å². The van der Waals surface area contributed by atoms with E-state index in [1.54, 1.807) is 0 Å². The molecule has 0 unspecified atom stereocenters. The van der Waals surface area contributed by atoms with Gasteiger partial charge in [-0.3, -0.25) is 0 Å². The van der Waals surface area contributed by atoms with Gasteiger partial charge in [0.1, 0.15) is 5.82 Å². The summed E-state index contributed by atoms with van der Waals surface area (Å²) in [5, 5.41) is 20.6. The first-order valence-electron chi connectivity index (χ1n) is 3.82. The van der Waals surface area contributed by atoms with Gasteiger partial charge in [0.25, 0.3) is 0 Å². The minimum Gasteiger partial charge on any atom is -0.423 e. The molecule has 0 atom stereocenters. The zero-order valence-electron chi connectivity index (χ0n) is 6.87. The van der Waals surface area contributed by atoms with E-state index in [2.05, 4.69) is 0 Å². The third kappa shape index (κ3) is 1.56. The molecule has 0 amide bonds. The molecule has 0 aliphatic heterocycles. The lowest BCUT2D eigenvalue weighted by molar-refractivity contribution is 0.423. The van der Waals surface area contributed by atoms with Crippen molar-refractivity contribution in [2.24, 2.45) is 0 Å². The summed E-state index contributed by atoms with van der Waals surface area (Å²) in [6.45, 7) is 0. The first kappa shape index (κ1) is 10.3. The Balaban J connectivity index is 2.80. The van der Waals surface area contributed by atoms with Gasteiger partial charge < -0.3 is 10.0 Å². The van der Waals surface area contributed by atoms with Crippen LogP contribution >= 0.6 is 33.9 Å². The maximum atomic E-state index is 13.5. The van der Waals surface area contributed by atoms with Crippen molar-refractivity contribution in [1.29, 1.82) is 0 Å². The van der Waals surface area contributed by atoms with E-state index in [0.717, 1.165) is 10.1 Å². The van der Waals surface area contributed by atoms with Crippen LogP contribution < -0.4 is 5.46 Å². The van der Waals surface area contributed by atoms with E-state index in [0.29, 0.717) is 3.57 Å². The van der Waals surface area contributed by atoms with Crippen molar-refractivity contribution >= 4 is 56.6 Å². The third-order valence-corrected chi connectivity index (χ3v) is 4.26. The molecule has 0 aliphatic carbocycles. The fourth-order valence-electron chi connectivity index (χ4n) is 1.26. The predicted octanol–water partition coefficient (Wildman–Crippen LogP) is 1.32. The Morgan fingerprint density at radius 3 is 2.79 bits per heavy atom. The van der Waals surface area contributed by atoms with Gasteiger partial charge >= 0.3 is 7.12 Å². The van der Waals surface area contributed by atoms with Crippen LogP contribution in [0.2, 0.25) is 0 Å². The second-order valence-corrected chi connectivity index (χ2v) is 4.80. The summed E-state index contributed by atoms with van der Waals surface area (Å²) < 4.78 is 14.8. The van der Waals surface area contributed by atoms with Crippen molar-refractivity contribution in [3.63, 3.8) is 0 Å². The number of hydrogen-bond acceptors (Lipinski definition) is 3. The van der Waals surface area contributed by atoms with Crippen molar-refractivity contribution in [2.75, 3.05) is 0 Å². The van der Waals surface area contributed by atoms with Crippen molar-refractivity contribution < 1.29 is 14.4 Å². The number of halogens is 2. The molecule has 0 fully saturated rings. The highest BCUT2D eigenvalue weighted by atomic mass is 127. The van der Waals surface area contributed by atoms with Crippen LogP contribution in [0.4, 0.5) is 4.39 Å². The number of thiophene rings is 1. The van der Waals surface area contributed by atoms with Gasteiger partial charge in [-0.05, 0) is 39.4 Å². The monoisotopic (exact) mass is 322 g/mol. The van der Waals surface area contributed by atoms with Crippen molar-refractivity contribution in [2.45, 2.75) is 0 Å². The summed E-state index contributed by atoms with van der Waals surface area (Å²) in [6.07, 6.45) is 0. The molecule has 2 nitrogen and oxygen atoms in total. The zero-order valence-corrected chi connectivity index (χ0v) is 9.84.